The van der Waals surface area contributed by atoms with Crippen molar-refractivity contribution in [3.05, 3.63) is 12.2 Å². The van der Waals surface area contributed by atoms with Crippen molar-refractivity contribution in [2.75, 3.05) is 0 Å². The summed E-state index contributed by atoms with van der Waals surface area (Å²) in [5.74, 6) is 2.86. The van der Waals surface area contributed by atoms with Crippen molar-refractivity contribution >= 4 is 0 Å². The van der Waals surface area contributed by atoms with Crippen LogP contribution in [0.2, 0.25) is 0 Å². The fourth-order valence-corrected chi connectivity index (χ4v) is 3.54. The lowest BCUT2D eigenvalue weighted by Gasteiger charge is -2.22. The fourth-order valence-electron chi connectivity index (χ4n) is 3.54. The average molecular weight is 150 g/mol. The van der Waals surface area contributed by atoms with Gasteiger partial charge in [-0.05, 0) is 42.9 Å². The van der Waals surface area contributed by atoms with Crippen molar-refractivity contribution in [2.24, 2.45) is 23.7 Å². The Morgan fingerprint density at radius 2 is 1.91 bits per heavy atom. The van der Waals surface area contributed by atoms with Crippen LogP contribution >= 0.6 is 0 Å². The minimum atomic E-state index is 0.0509. The van der Waals surface area contributed by atoms with Gasteiger partial charge in [0.25, 0.3) is 0 Å². The Hall–Kier alpha value is -0.300. The average Bonchev–Trinajstić information content (AvgIpc) is 2.61. The van der Waals surface area contributed by atoms with Gasteiger partial charge in [-0.1, -0.05) is 12.2 Å². The molecule has 0 aliphatic heterocycles. The van der Waals surface area contributed by atoms with Gasteiger partial charge in [-0.2, -0.15) is 0 Å². The number of hydrogen-bond acceptors (Lipinski definition) is 1. The van der Waals surface area contributed by atoms with Crippen molar-refractivity contribution < 1.29 is 5.11 Å². The molecule has 1 N–H and O–H groups in total. The zero-order valence-electron chi connectivity index (χ0n) is 6.61. The third kappa shape index (κ3) is 0.610. The van der Waals surface area contributed by atoms with Gasteiger partial charge in [0.15, 0.2) is 0 Å². The van der Waals surface area contributed by atoms with E-state index >= 15 is 0 Å². The van der Waals surface area contributed by atoms with E-state index < -0.39 is 0 Å². The predicted molar refractivity (Wildman–Crippen MR) is 43.0 cm³/mol. The van der Waals surface area contributed by atoms with Gasteiger partial charge in [0.2, 0.25) is 0 Å². The molecule has 11 heavy (non-hydrogen) atoms. The van der Waals surface area contributed by atoms with Crippen LogP contribution < -0.4 is 0 Å². The van der Waals surface area contributed by atoms with Crippen LogP contribution in [0.25, 0.3) is 0 Å². The van der Waals surface area contributed by atoms with Gasteiger partial charge in [-0.15, -0.1) is 0 Å². The highest BCUT2D eigenvalue weighted by Gasteiger charge is 2.53. The van der Waals surface area contributed by atoms with E-state index in [1.165, 1.54) is 19.3 Å². The molecule has 2 bridgehead atoms. The lowest BCUT2D eigenvalue weighted by Crippen LogP contribution is -2.16. The van der Waals surface area contributed by atoms with Crippen molar-refractivity contribution in [1.82, 2.24) is 0 Å². The largest absolute Gasteiger partial charge is 0.393 e. The van der Waals surface area contributed by atoms with Gasteiger partial charge >= 0.3 is 0 Å². The summed E-state index contributed by atoms with van der Waals surface area (Å²) in [6, 6.07) is 0. The van der Waals surface area contributed by atoms with Crippen LogP contribution in [0.5, 0.6) is 0 Å². The Morgan fingerprint density at radius 1 is 1.09 bits per heavy atom. The SMILES string of the molecule is OC1C2CCC1C1CC=CC21. The van der Waals surface area contributed by atoms with E-state index in [0.29, 0.717) is 11.8 Å². The Labute approximate surface area is 67.1 Å². The standard InChI is InChI=1S/C10H14O/c11-10-8-4-5-9(10)7-3-1-2-6(7)8/h1-2,6-11H,3-5H2. The van der Waals surface area contributed by atoms with E-state index in [9.17, 15) is 5.11 Å². The van der Waals surface area contributed by atoms with E-state index in [1.54, 1.807) is 0 Å². The van der Waals surface area contributed by atoms with Gasteiger partial charge in [0.1, 0.15) is 0 Å². The molecule has 0 amide bonds. The summed E-state index contributed by atoms with van der Waals surface area (Å²) in [6.45, 7) is 0. The second-order valence-corrected chi connectivity index (χ2v) is 4.30. The highest BCUT2D eigenvalue weighted by molar-refractivity contribution is 5.15. The van der Waals surface area contributed by atoms with Crippen LogP contribution in [-0.4, -0.2) is 11.2 Å². The number of aliphatic hydroxyl groups excluding tert-OH is 1. The maximum Gasteiger partial charge on any atom is 0.0605 e. The lowest BCUT2D eigenvalue weighted by atomic mass is 9.82. The highest BCUT2D eigenvalue weighted by atomic mass is 16.3. The van der Waals surface area contributed by atoms with Crippen LogP contribution in [-0.2, 0) is 0 Å². The van der Waals surface area contributed by atoms with E-state index in [1.807, 2.05) is 0 Å². The van der Waals surface area contributed by atoms with Crippen LogP contribution in [0.15, 0.2) is 12.2 Å². The number of fused-ring (bicyclic) bond motifs is 5. The molecular formula is C10H14O. The normalized spacial score (nSPS) is 58.8. The summed E-state index contributed by atoms with van der Waals surface area (Å²) in [5, 5.41) is 9.80. The maximum absolute atomic E-state index is 9.80. The maximum atomic E-state index is 9.80. The molecule has 0 aromatic rings. The van der Waals surface area contributed by atoms with Crippen LogP contribution in [0.3, 0.4) is 0 Å². The molecule has 0 saturated heterocycles. The van der Waals surface area contributed by atoms with Gasteiger partial charge < -0.3 is 5.11 Å². The first-order chi connectivity index (χ1) is 5.38. The second-order valence-electron chi connectivity index (χ2n) is 4.30. The Morgan fingerprint density at radius 3 is 2.73 bits per heavy atom. The first kappa shape index (κ1) is 6.24. The highest BCUT2D eigenvalue weighted by Crippen LogP contribution is 2.56. The molecule has 0 radical (unpaired) electrons. The lowest BCUT2D eigenvalue weighted by molar-refractivity contribution is 0.119. The molecule has 0 aromatic carbocycles. The minimum absolute atomic E-state index is 0.0509. The van der Waals surface area contributed by atoms with Crippen molar-refractivity contribution in [1.29, 1.82) is 0 Å². The van der Waals surface area contributed by atoms with Gasteiger partial charge in [0.05, 0.1) is 6.10 Å². The minimum Gasteiger partial charge on any atom is -0.393 e. The van der Waals surface area contributed by atoms with Gasteiger partial charge in [-0.3, -0.25) is 0 Å². The molecule has 1 heteroatoms. The molecule has 3 rings (SSSR count). The summed E-state index contributed by atoms with van der Waals surface area (Å²) in [6.07, 6.45) is 8.51. The monoisotopic (exact) mass is 150 g/mol. The number of hydrogen-bond donors (Lipinski definition) is 1. The van der Waals surface area contributed by atoms with Crippen LogP contribution in [0.4, 0.5) is 0 Å². The first-order valence-electron chi connectivity index (χ1n) is 4.72. The zero-order valence-corrected chi connectivity index (χ0v) is 6.61. The van der Waals surface area contributed by atoms with E-state index in [0.717, 1.165) is 11.8 Å². The number of aliphatic hydroxyl groups is 1. The molecule has 0 aromatic heterocycles. The molecule has 5 unspecified atom stereocenters. The Kier molecular flexibility index (Phi) is 1.07. The molecule has 3 aliphatic carbocycles. The summed E-state index contributed by atoms with van der Waals surface area (Å²) in [4.78, 5) is 0. The van der Waals surface area contributed by atoms with Crippen molar-refractivity contribution in [3.63, 3.8) is 0 Å². The Bertz CT molecular complexity index is 209. The van der Waals surface area contributed by atoms with E-state index in [4.69, 9.17) is 0 Å². The number of rotatable bonds is 0. The molecule has 0 spiro atoms. The molecule has 60 valence electrons. The molecule has 3 aliphatic rings. The quantitative estimate of drug-likeness (QED) is 0.520. The summed E-state index contributed by atoms with van der Waals surface area (Å²) in [7, 11) is 0. The third-order valence-corrected chi connectivity index (χ3v) is 4.02. The summed E-state index contributed by atoms with van der Waals surface area (Å²) < 4.78 is 0. The molecule has 2 saturated carbocycles. The topological polar surface area (TPSA) is 20.2 Å². The van der Waals surface area contributed by atoms with Crippen LogP contribution in [0, 0.1) is 23.7 Å². The van der Waals surface area contributed by atoms with Crippen molar-refractivity contribution in [3.8, 4) is 0 Å². The first-order valence-corrected chi connectivity index (χ1v) is 4.72. The molecule has 0 heterocycles. The summed E-state index contributed by atoms with van der Waals surface area (Å²) in [5.41, 5.74) is 0. The predicted octanol–water partition coefficient (Wildman–Crippen LogP) is 1.58. The smallest absolute Gasteiger partial charge is 0.0605 e. The zero-order chi connectivity index (χ0) is 7.42. The van der Waals surface area contributed by atoms with E-state index in [-0.39, 0.29) is 6.10 Å². The van der Waals surface area contributed by atoms with Gasteiger partial charge in [0, 0.05) is 0 Å². The third-order valence-electron chi connectivity index (χ3n) is 4.02. The van der Waals surface area contributed by atoms with Crippen molar-refractivity contribution in [2.45, 2.75) is 25.4 Å². The molecule has 2 fully saturated rings. The van der Waals surface area contributed by atoms with Gasteiger partial charge in [-0.25, -0.2) is 0 Å². The molecular weight excluding hydrogens is 136 g/mol. The summed E-state index contributed by atoms with van der Waals surface area (Å²) >= 11 is 0. The molecule has 1 nitrogen and oxygen atoms in total. The van der Waals surface area contributed by atoms with Crippen LogP contribution in [0.1, 0.15) is 19.3 Å². The number of allylic oxidation sites excluding steroid dienone is 2. The second kappa shape index (κ2) is 1.89. The Balaban J connectivity index is 1.98. The molecule has 5 atom stereocenters. The van der Waals surface area contributed by atoms with E-state index in [2.05, 4.69) is 12.2 Å². The fraction of sp³-hybridized carbons (Fsp3) is 0.800.